The molecule has 6 nitrogen and oxygen atoms in total. The number of carbonyl (C=O) groups excluding carboxylic acids is 1. The number of aliphatic carboxylic acids is 1. The van der Waals surface area contributed by atoms with Crippen molar-refractivity contribution < 1.29 is 14.7 Å². The number of urea groups is 1. The van der Waals surface area contributed by atoms with E-state index in [9.17, 15) is 9.59 Å². The second-order valence-corrected chi connectivity index (χ2v) is 8.44. The smallest absolute Gasteiger partial charge is 0.319 e. The summed E-state index contributed by atoms with van der Waals surface area (Å²) in [5.74, 6) is 0.599. The van der Waals surface area contributed by atoms with Crippen LogP contribution in [0.15, 0.2) is 24.3 Å². The Morgan fingerprint density at radius 1 is 1.07 bits per heavy atom. The summed E-state index contributed by atoms with van der Waals surface area (Å²) in [5, 5.41) is 15.0. The Morgan fingerprint density at radius 3 is 2.33 bits per heavy atom. The minimum atomic E-state index is -0.768. The molecule has 3 aliphatic rings. The third-order valence-corrected chi connectivity index (χ3v) is 6.24. The highest BCUT2D eigenvalue weighted by molar-refractivity contribution is 5.89. The lowest BCUT2D eigenvalue weighted by atomic mass is 9.80. The highest BCUT2D eigenvalue weighted by atomic mass is 16.4. The molecule has 1 aromatic rings. The molecule has 0 bridgehead atoms. The quantitative estimate of drug-likeness (QED) is 0.654. The van der Waals surface area contributed by atoms with Crippen molar-refractivity contribution in [3.8, 4) is 0 Å². The van der Waals surface area contributed by atoms with Crippen molar-refractivity contribution in [1.29, 1.82) is 0 Å². The molecule has 0 radical (unpaired) electrons. The first-order valence-electron chi connectivity index (χ1n) is 10.2. The highest BCUT2D eigenvalue weighted by Gasteiger charge is 2.37. The number of benzene rings is 1. The fraction of sp³-hybridized carbons (Fsp3) is 0.619. The number of carboxylic acids is 1. The molecule has 0 unspecified atom stereocenters. The van der Waals surface area contributed by atoms with Crippen LogP contribution in [0.25, 0.3) is 0 Å². The van der Waals surface area contributed by atoms with Gasteiger partial charge in [-0.15, -0.1) is 0 Å². The third-order valence-electron chi connectivity index (χ3n) is 6.24. The summed E-state index contributed by atoms with van der Waals surface area (Å²) in [7, 11) is 0. The Bertz CT molecular complexity index is 676. The van der Waals surface area contributed by atoms with Crippen LogP contribution >= 0.6 is 0 Å². The van der Waals surface area contributed by atoms with Gasteiger partial charge in [0.1, 0.15) is 0 Å². The second kappa shape index (κ2) is 7.89. The first-order valence-corrected chi connectivity index (χ1v) is 10.2. The van der Waals surface area contributed by atoms with E-state index in [-0.39, 0.29) is 24.7 Å². The van der Waals surface area contributed by atoms with E-state index in [1.54, 1.807) is 0 Å². The van der Waals surface area contributed by atoms with E-state index in [4.69, 9.17) is 5.11 Å². The molecule has 0 spiro atoms. The fourth-order valence-electron chi connectivity index (χ4n) is 4.09. The molecule has 6 heteroatoms. The van der Waals surface area contributed by atoms with E-state index >= 15 is 0 Å². The molecule has 2 amide bonds. The number of hydrogen-bond acceptors (Lipinski definition) is 3. The molecule has 4 rings (SSSR count). The van der Waals surface area contributed by atoms with E-state index in [2.05, 4.69) is 27.7 Å². The van der Waals surface area contributed by atoms with Crippen molar-refractivity contribution in [2.45, 2.75) is 62.9 Å². The molecule has 0 saturated heterocycles. The monoisotopic (exact) mass is 371 g/mol. The molecule has 3 saturated carbocycles. The van der Waals surface area contributed by atoms with Crippen LogP contribution < -0.4 is 10.6 Å². The predicted molar refractivity (Wildman–Crippen MR) is 104 cm³/mol. The summed E-state index contributed by atoms with van der Waals surface area (Å²) >= 11 is 0. The van der Waals surface area contributed by atoms with Gasteiger partial charge in [0, 0.05) is 24.3 Å². The summed E-state index contributed by atoms with van der Waals surface area (Å²) in [5.41, 5.74) is 2.18. The van der Waals surface area contributed by atoms with Gasteiger partial charge in [-0.2, -0.15) is 0 Å². The van der Waals surface area contributed by atoms with Crippen molar-refractivity contribution in [1.82, 2.24) is 10.2 Å². The standard InChI is InChI=1S/C21H29N3O3/c25-20(26)13-24(12-14-4-5-14)19-10-18(11-19)23-21(27)22-17-8-6-16(7-9-17)15-2-1-3-15/h6-9,14-15,18-19H,1-5,10-13H2,(H,25,26)(H2,22,23,27). The Labute approximate surface area is 160 Å². The summed E-state index contributed by atoms with van der Waals surface area (Å²) in [6, 6.07) is 8.39. The number of hydrogen-bond donors (Lipinski definition) is 3. The molecule has 3 N–H and O–H groups in total. The minimum Gasteiger partial charge on any atom is -0.480 e. The van der Waals surface area contributed by atoms with E-state index in [1.807, 2.05) is 12.1 Å². The van der Waals surface area contributed by atoms with Gasteiger partial charge in [-0.3, -0.25) is 9.69 Å². The maximum Gasteiger partial charge on any atom is 0.319 e. The molecular formula is C21H29N3O3. The molecule has 0 heterocycles. The van der Waals surface area contributed by atoms with E-state index < -0.39 is 5.97 Å². The van der Waals surface area contributed by atoms with Crippen LogP contribution in [0.4, 0.5) is 10.5 Å². The van der Waals surface area contributed by atoms with Crippen molar-refractivity contribution >= 4 is 17.7 Å². The summed E-state index contributed by atoms with van der Waals surface area (Å²) in [6.45, 7) is 0.983. The van der Waals surface area contributed by atoms with Crippen LogP contribution in [-0.4, -0.2) is 47.2 Å². The van der Waals surface area contributed by atoms with Gasteiger partial charge >= 0.3 is 12.0 Å². The Kier molecular flexibility index (Phi) is 5.34. The Hall–Kier alpha value is -2.08. The highest BCUT2D eigenvalue weighted by Crippen LogP contribution is 2.36. The molecular weight excluding hydrogens is 342 g/mol. The Morgan fingerprint density at radius 2 is 1.78 bits per heavy atom. The van der Waals surface area contributed by atoms with Gasteiger partial charge in [0.05, 0.1) is 6.54 Å². The Balaban J connectivity index is 1.20. The first kappa shape index (κ1) is 18.3. The zero-order valence-electron chi connectivity index (χ0n) is 15.7. The molecule has 3 fully saturated rings. The summed E-state index contributed by atoms with van der Waals surface area (Å²) in [4.78, 5) is 25.4. The summed E-state index contributed by atoms with van der Waals surface area (Å²) < 4.78 is 0. The van der Waals surface area contributed by atoms with Crippen LogP contribution in [0.5, 0.6) is 0 Å². The average Bonchev–Trinajstić information content (AvgIpc) is 3.33. The topological polar surface area (TPSA) is 81.7 Å². The molecule has 1 aromatic carbocycles. The number of nitrogens with zero attached hydrogens (tertiary/aromatic N) is 1. The maximum atomic E-state index is 12.2. The van der Waals surface area contributed by atoms with Crippen molar-refractivity contribution in [2.75, 3.05) is 18.4 Å². The van der Waals surface area contributed by atoms with Crippen LogP contribution in [0, 0.1) is 5.92 Å². The third kappa shape index (κ3) is 4.80. The minimum absolute atomic E-state index is 0.105. The van der Waals surface area contributed by atoms with Crippen molar-refractivity contribution in [3.63, 3.8) is 0 Å². The lowest BCUT2D eigenvalue weighted by Gasteiger charge is -2.42. The fourth-order valence-corrected chi connectivity index (χ4v) is 4.09. The molecule has 0 aliphatic heterocycles. The summed E-state index contributed by atoms with van der Waals surface area (Å²) in [6.07, 6.45) is 7.95. The van der Waals surface area contributed by atoms with Gasteiger partial charge in [-0.1, -0.05) is 18.6 Å². The second-order valence-electron chi connectivity index (χ2n) is 8.44. The van der Waals surface area contributed by atoms with Gasteiger partial charge in [-0.25, -0.2) is 4.79 Å². The molecule has 0 atom stereocenters. The van der Waals surface area contributed by atoms with Gasteiger partial charge in [0.2, 0.25) is 0 Å². The van der Waals surface area contributed by atoms with E-state index in [1.165, 1.54) is 37.7 Å². The number of anilines is 1. The predicted octanol–water partition coefficient (Wildman–Crippen LogP) is 3.40. The molecule has 27 heavy (non-hydrogen) atoms. The molecule has 146 valence electrons. The van der Waals surface area contributed by atoms with Crippen molar-refractivity contribution in [3.05, 3.63) is 29.8 Å². The van der Waals surface area contributed by atoms with Crippen LogP contribution in [0.2, 0.25) is 0 Å². The number of amides is 2. The SMILES string of the molecule is O=C(O)CN(CC1CC1)C1CC(NC(=O)Nc2ccc(C3CCC3)cc2)C1. The average molecular weight is 371 g/mol. The first-order chi connectivity index (χ1) is 13.1. The zero-order chi connectivity index (χ0) is 18.8. The van der Waals surface area contributed by atoms with Crippen LogP contribution in [0.1, 0.15) is 56.4 Å². The van der Waals surface area contributed by atoms with E-state index in [0.717, 1.165) is 25.1 Å². The van der Waals surface area contributed by atoms with E-state index in [0.29, 0.717) is 11.8 Å². The van der Waals surface area contributed by atoms with Gasteiger partial charge in [-0.05, 0) is 68.1 Å². The molecule has 3 aliphatic carbocycles. The number of carboxylic acid groups (broad SMARTS) is 1. The van der Waals surface area contributed by atoms with Gasteiger partial charge in [0.15, 0.2) is 0 Å². The molecule has 0 aromatic heterocycles. The normalized spacial score (nSPS) is 24.8. The van der Waals surface area contributed by atoms with Gasteiger partial charge < -0.3 is 15.7 Å². The lowest BCUT2D eigenvalue weighted by molar-refractivity contribution is -0.139. The van der Waals surface area contributed by atoms with Crippen LogP contribution in [0.3, 0.4) is 0 Å². The maximum absolute atomic E-state index is 12.2. The number of rotatable bonds is 8. The lowest BCUT2D eigenvalue weighted by Crippen LogP contribution is -2.55. The largest absolute Gasteiger partial charge is 0.480 e. The number of nitrogens with one attached hydrogen (secondary N) is 2. The zero-order valence-corrected chi connectivity index (χ0v) is 15.7. The van der Waals surface area contributed by atoms with Gasteiger partial charge in [0.25, 0.3) is 0 Å². The van der Waals surface area contributed by atoms with Crippen LogP contribution in [-0.2, 0) is 4.79 Å². The number of carbonyl (C=O) groups is 2. The van der Waals surface area contributed by atoms with Crippen molar-refractivity contribution in [2.24, 2.45) is 5.92 Å².